The van der Waals surface area contributed by atoms with Crippen LogP contribution in [-0.2, 0) is 24.2 Å². The van der Waals surface area contributed by atoms with Crippen molar-refractivity contribution in [3.8, 4) is 0 Å². The van der Waals surface area contributed by atoms with Gasteiger partial charge in [-0.2, -0.15) is 0 Å². The quantitative estimate of drug-likeness (QED) is 0.709. The third kappa shape index (κ3) is 3.96. The molecule has 1 unspecified atom stereocenters. The molecule has 0 bridgehead atoms. The van der Waals surface area contributed by atoms with Crippen molar-refractivity contribution < 1.29 is 4.79 Å². The first-order valence-electron chi connectivity index (χ1n) is 9.97. The number of anilines is 1. The smallest absolute Gasteiger partial charge is 0.279 e. The predicted octanol–water partition coefficient (Wildman–Crippen LogP) is 3.95. The number of rotatable bonds is 3. The lowest BCUT2D eigenvalue weighted by Crippen LogP contribution is -2.31. The summed E-state index contributed by atoms with van der Waals surface area (Å²) in [7, 11) is 0. The molecule has 2 aromatic heterocycles. The van der Waals surface area contributed by atoms with Gasteiger partial charge in [-0.15, -0.1) is 16.4 Å². The van der Waals surface area contributed by atoms with Crippen LogP contribution in [0.3, 0.4) is 0 Å². The molecule has 0 aliphatic heterocycles. The van der Waals surface area contributed by atoms with Crippen LogP contribution in [0.2, 0.25) is 0 Å². The van der Waals surface area contributed by atoms with E-state index < -0.39 is 0 Å². The van der Waals surface area contributed by atoms with Gasteiger partial charge in [0.2, 0.25) is 5.91 Å². The summed E-state index contributed by atoms with van der Waals surface area (Å²) in [6, 6.07) is 7.53. The van der Waals surface area contributed by atoms with E-state index in [0.29, 0.717) is 21.8 Å². The summed E-state index contributed by atoms with van der Waals surface area (Å²) < 4.78 is 1.18. The summed E-state index contributed by atoms with van der Waals surface area (Å²) >= 11 is 1.58. The molecule has 0 spiro atoms. The zero-order valence-corrected chi connectivity index (χ0v) is 18.1. The first-order valence-corrected chi connectivity index (χ1v) is 10.8. The molecule has 1 N–H and O–H groups in total. The van der Waals surface area contributed by atoms with Gasteiger partial charge >= 0.3 is 0 Å². The molecule has 4 rings (SSSR count). The van der Waals surface area contributed by atoms with E-state index in [1.165, 1.54) is 9.56 Å². The molecule has 152 valence electrons. The van der Waals surface area contributed by atoms with E-state index in [2.05, 4.69) is 36.4 Å². The lowest BCUT2D eigenvalue weighted by atomic mass is 9.72. The van der Waals surface area contributed by atoms with Crippen molar-refractivity contribution in [3.63, 3.8) is 0 Å². The Kier molecular flexibility index (Phi) is 5.02. The van der Waals surface area contributed by atoms with Crippen LogP contribution in [0.25, 0.3) is 10.2 Å². The molecule has 0 radical (unpaired) electrons. The summed E-state index contributed by atoms with van der Waals surface area (Å²) in [4.78, 5) is 27.4. The van der Waals surface area contributed by atoms with Gasteiger partial charge in [-0.3, -0.25) is 9.59 Å². The molecule has 0 saturated heterocycles. The normalized spacial score (nSPS) is 16.6. The van der Waals surface area contributed by atoms with Gasteiger partial charge in [-0.1, -0.05) is 43.7 Å². The van der Waals surface area contributed by atoms with Gasteiger partial charge < -0.3 is 5.32 Å². The molecule has 1 aromatic carbocycles. The zero-order chi connectivity index (χ0) is 20.8. The monoisotopic (exact) mass is 410 g/mol. The molecule has 29 heavy (non-hydrogen) atoms. The van der Waals surface area contributed by atoms with E-state index in [4.69, 9.17) is 0 Å². The van der Waals surface area contributed by atoms with Crippen LogP contribution < -0.4 is 10.9 Å². The van der Waals surface area contributed by atoms with Crippen molar-refractivity contribution in [1.29, 1.82) is 0 Å². The average molecular weight is 411 g/mol. The van der Waals surface area contributed by atoms with Crippen molar-refractivity contribution in [2.24, 2.45) is 11.3 Å². The van der Waals surface area contributed by atoms with Crippen LogP contribution >= 0.6 is 11.3 Å². The van der Waals surface area contributed by atoms with E-state index in [1.807, 2.05) is 31.2 Å². The molecule has 0 fully saturated rings. The zero-order valence-electron chi connectivity index (χ0n) is 17.3. The highest BCUT2D eigenvalue weighted by molar-refractivity contribution is 7.18. The number of nitrogens with one attached hydrogen (secondary N) is 1. The van der Waals surface area contributed by atoms with Crippen LogP contribution in [0, 0.1) is 18.3 Å². The third-order valence-electron chi connectivity index (χ3n) is 5.79. The molecule has 7 heteroatoms. The summed E-state index contributed by atoms with van der Waals surface area (Å²) in [5.74, 6) is 0.306. The van der Waals surface area contributed by atoms with Crippen molar-refractivity contribution in [2.75, 3.05) is 5.32 Å². The molecular weight excluding hydrogens is 384 g/mol. The minimum Gasteiger partial charge on any atom is -0.324 e. The van der Waals surface area contributed by atoms with Gasteiger partial charge in [-0.05, 0) is 55.2 Å². The SMILES string of the molecule is Cc1ccc(NC(=O)Cn2nnc3sc4c(c3c2=O)CCC(C(C)(C)C)C4)cc1. The van der Waals surface area contributed by atoms with Gasteiger partial charge in [-0.25, -0.2) is 4.68 Å². The van der Waals surface area contributed by atoms with Crippen LogP contribution in [-0.4, -0.2) is 20.9 Å². The fourth-order valence-corrected chi connectivity index (χ4v) is 5.18. The fourth-order valence-electron chi connectivity index (χ4n) is 3.94. The highest BCUT2D eigenvalue weighted by Crippen LogP contribution is 2.41. The van der Waals surface area contributed by atoms with Crippen LogP contribution in [0.4, 0.5) is 5.69 Å². The topological polar surface area (TPSA) is 76.9 Å². The number of hydrogen-bond acceptors (Lipinski definition) is 5. The number of carbonyl (C=O) groups excluding carboxylic acids is 1. The molecule has 6 nitrogen and oxygen atoms in total. The maximum absolute atomic E-state index is 13.1. The highest BCUT2D eigenvalue weighted by Gasteiger charge is 2.32. The Morgan fingerprint density at radius 3 is 2.69 bits per heavy atom. The standard InChI is InChI=1S/C22H26N4O2S/c1-13-5-8-15(9-6-13)23-18(27)12-26-21(28)19-16-10-7-14(22(2,3)4)11-17(16)29-20(19)24-25-26/h5-6,8-9,14H,7,10-12H2,1-4H3,(H,23,27). The number of fused-ring (bicyclic) bond motifs is 3. The maximum Gasteiger partial charge on any atom is 0.279 e. The minimum absolute atomic E-state index is 0.148. The number of carbonyl (C=O) groups is 1. The van der Waals surface area contributed by atoms with E-state index in [0.717, 1.165) is 30.4 Å². The maximum atomic E-state index is 13.1. The molecular formula is C22H26N4O2S. The fraction of sp³-hybridized carbons (Fsp3) is 0.455. The molecule has 3 aromatic rings. The Balaban J connectivity index is 1.59. The van der Waals surface area contributed by atoms with E-state index in [9.17, 15) is 9.59 Å². The van der Waals surface area contributed by atoms with Gasteiger partial charge in [0.25, 0.3) is 5.56 Å². The van der Waals surface area contributed by atoms with Crippen LogP contribution in [0.5, 0.6) is 0 Å². The van der Waals surface area contributed by atoms with Gasteiger partial charge in [0.15, 0.2) is 4.83 Å². The molecule has 1 aliphatic carbocycles. The lowest BCUT2D eigenvalue weighted by Gasteiger charge is -2.33. The van der Waals surface area contributed by atoms with Crippen molar-refractivity contribution in [3.05, 3.63) is 50.6 Å². The largest absolute Gasteiger partial charge is 0.324 e. The van der Waals surface area contributed by atoms with Crippen molar-refractivity contribution in [1.82, 2.24) is 15.0 Å². The number of aromatic nitrogens is 3. The molecule has 2 heterocycles. The molecule has 1 aliphatic rings. The van der Waals surface area contributed by atoms with Gasteiger partial charge in [0.05, 0.1) is 5.39 Å². The summed E-state index contributed by atoms with van der Waals surface area (Å²) in [6.45, 7) is 8.66. The summed E-state index contributed by atoms with van der Waals surface area (Å²) in [5.41, 5.74) is 2.95. The number of amides is 1. The van der Waals surface area contributed by atoms with Gasteiger partial charge in [0, 0.05) is 10.6 Å². The third-order valence-corrected chi connectivity index (χ3v) is 6.93. The Bertz CT molecular complexity index is 1120. The molecule has 0 saturated carbocycles. The number of benzene rings is 1. The second-order valence-electron chi connectivity index (χ2n) is 8.96. The average Bonchev–Trinajstić information content (AvgIpc) is 3.03. The summed E-state index contributed by atoms with van der Waals surface area (Å²) in [5, 5.41) is 11.7. The van der Waals surface area contributed by atoms with E-state index in [-0.39, 0.29) is 23.4 Å². The molecule has 1 amide bonds. The number of hydrogen-bond donors (Lipinski definition) is 1. The Hall–Kier alpha value is -2.54. The number of nitrogens with zero attached hydrogens (tertiary/aromatic N) is 3. The Morgan fingerprint density at radius 1 is 1.28 bits per heavy atom. The highest BCUT2D eigenvalue weighted by atomic mass is 32.1. The predicted molar refractivity (Wildman–Crippen MR) is 116 cm³/mol. The first-order chi connectivity index (χ1) is 13.7. The molecule has 1 atom stereocenters. The van der Waals surface area contributed by atoms with Crippen LogP contribution in [0.1, 0.15) is 43.2 Å². The lowest BCUT2D eigenvalue weighted by molar-refractivity contribution is -0.117. The van der Waals surface area contributed by atoms with Crippen molar-refractivity contribution >= 4 is 33.1 Å². The van der Waals surface area contributed by atoms with Crippen molar-refractivity contribution in [2.45, 2.75) is 53.5 Å². The van der Waals surface area contributed by atoms with E-state index >= 15 is 0 Å². The minimum atomic E-state index is -0.290. The summed E-state index contributed by atoms with van der Waals surface area (Å²) in [6.07, 6.45) is 2.93. The Morgan fingerprint density at radius 2 is 2.00 bits per heavy atom. The first kappa shape index (κ1) is 19.8. The second-order valence-corrected chi connectivity index (χ2v) is 10.0. The van der Waals surface area contributed by atoms with Gasteiger partial charge in [0.1, 0.15) is 6.54 Å². The Labute approximate surface area is 173 Å². The number of thiophene rings is 1. The number of aryl methyl sites for hydroxylation is 2. The second kappa shape index (κ2) is 7.37. The van der Waals surface area contributed by atoms with Crippen LogP contribution in [0.15, 0.2) is 29.1 Å². The van der Waals surface area contributed by atoms with E-state index in [1.54, 1.807) is 11.3 Å².